The fourth-order valence-electron chi connectivity index (χ4n) is 3.46. The van der Waals surface area contributed by atoms with E-state index in [-0.39, 0.29) is 18.4 Å². The van der Waals surface area contributed by atoms with Crippen LogP contribution in [0.3, 0.4) is 0 Å². The Bertz CT molecular complexity index is 629. The molecule has 0 bridgehead atoms. The van der Waals surface area contributed by atoms with E-state index < -0.39 is 5.41 Å². The molecule has 3 rings (SSSR count). The summed E-state index contributed by atoms with van der Waals surface area (Å²) in [5.41, 5.74) is 6.37. The summed E-state index contributed by atoms with van der Waals surface area (Å²) in [7, 11) is 0. The molecule has 6 nitrogen and oxygen atoms in total. The van der Waals surface area contributed by atoms with Gasteiger partial charge in [-0.2, -0.15) is 0 Å². The van der Waals surface area contributed by atoms with Gasteiger partial charge in [0.1, 0.15) is 0 Å². The normalized spacial score (nSPS) is 20.6. The van der Waals surface area contributed by atoms with Crippen molar-refractivity contribution in [2.75, 3.05) is 39.4 Å². The van der Waals surface area contributed by atoms with Gasteiger partial charge in [0.15, 0.2) is 0 Å². The van der Waals surface area contributed by atoms with E-state index in [1.54, 1.807) is 9.80 Å². The van der Waals surface area contributed by atoms with Crippen LogP contribution in [0.2, 0.25) is 5.02 Å². The van der Waals surface area contributed by atoms with Crippen molar-refractivity contribution in [1.29, 1.82) is 0 Å². The predicted molar refractivity (Wildman–Crippen MR) is 95.0 cm³/mol. The first-order valence-electron chi connectivity index (χ1n) is 8.63. The maximum atomic E-state index is 13.0. The average molecular weight is 366 g/mol. The highest BCUT2D eigenvalue weighted by Gasteiger charge is 2.43. The maximum Gasteiger partial charge on any atom is 0.242 e. The largest absolute Gasteiger partial charge is 0.381 e. The number of piperazine rings is 1. The third-order valence-electron chi connectivity index (χ3n) is 5.19. The number of rotatable bonds is 4. The molecule has 2 aliphatic heterocycles. The molecule has 1 aromatic carbocycles. The van der Waals surface area contributed by atoms with Crippen molar-refractivity contribution in [3.8, 4) is 0 Å². The number of nitrogens with two attached hydrogens (primary N) is 1. The number of halogens is 1. The van der Waals surface area contributed by atoms with Crippen LogP contribution in [0, 0.1) is 5.41 Å². The molecule has 0 unspecified atom stereocenters. The van der Waals surface area contributed by atoms with Crippen LogP contribution in [-0.2, 0) is 20.9 Å². The lowest BCUT2D eigenvalue weighted by Crippen LogP contribution is -2.57. The number of nitrogens with zero attached hydrogens (tertiary/aromatic N) is 2. The van der Waals surface area contributed by atoms with E-state index in [0.29, 0.717) is 57.3 Å². The van der Waals surface area contributed by atoms with Gasteiger partial charge in [-0.1, -0.05) is 23.7 Å². The molecule has 7 heteroatoms. The van der Waals surface area contributed by atoms with E-state index in [2.05, 4.69) is 0 Å². The van der Waals surface area contributed by atoms with Crippen molar-refractivity contribution in [2.45, 2.75) is 19.4 Å². The minimum Gasteiger partial charge on any atom is -0.381 e. The van der Waals surface area contributed by atoms with Gasteiger partial charge in [-0.15, -0.1) is 0 Å². The number of hydrogen-bond donors (Lipinski definition) is 1. The summed E-state index contributed by atoms with van der Waals surface area (Å²) in [6.07, 6.45) is 1.25. The van der Waals surface area contributed by atoms with Crippen LogP contribution in [0.15, 0.2) is 24.3 Å². The Hall–Kier alpha value is -1.63. The zero-order valence-corrected chi connectivity index (χ0v) is 15.0. The first-order valence-corrected chi connectivity index (χ1v) is 9.01. The molecule has 2 heterocycles. The van der Waals surface area contributed by atoms with Gasteiger partial charge in [-0.05, 0) is 30.5 Å². The van der Waals surface area contributed by atoms with E-state index in [9.17, 15) is 9.59 Å². The maximum absolute atomic E-state index is 13.0. The predicted octanol–water partition coefficient (Wildman–Crippen LogP) is 1.27. The van der Waals surface area contributed by atoms with E-state index in [1.807, 2.05) is 24.3 Å². The zero-order valence-electron chi connectivity index (χ0n) is 14.2. The molecule has 2 fully saturated rings. The van der Waals surface area contributed by atoms with E-state index in [4.69, 9.17) is 22.1 Å². The Balaban J connectivity index is 1.62. The molecule has 136 valence electrons. The Morgan fingerprint density at radius 3 is 2.48 bits per heavy atom. The minimum atomic E-state index is -0.573. The highest BCUT2D eigenvalue weighted by atomic mass is 35.5. The van der Waals surface area contributed by atoms with Crippen LogP contribution in [0.5, 0.6) is 0 Å². The van der Waals surface area contributed by atoms with Crippen LogP contribution < -0.4 is 5.73 Å². The number of amides is 2. The van der Waals surface area contributed by atoms with Crippen molar-refractivity contribution in [1.82, 2.24) is 9.80 Å². The average Bonchev–Trinajstić information content (AvgIpc) is 2.65. The lowest BCUT2D eigenvalue weighted by molar-refractivity contribution is -0.155. The van der Waals surface area contributed by atoms with Gasteiger partial charge in [0.25, 0.3) is 0 Å². The van der Waals surface area contributed by atoms with Crippen molar-refractivity contribution >= 4 is 23.4 Å². The molecule has 0 radical (unpaired) electrons. The lowest BCUT2D eigenvalue weighted by atomic mass is 9.78. The number of carbonyl (C=O) groups is 2. The molecule has 2 N–H and O–H groups in total. The summed E-state index contributed by atoms with van der Waals surface area (Å²) in [4.78, 5) is 28.9. The number of hydrogen-bond acceptors (Lipinski definition) is 4. The molecule has 0 atom stereocenters. The number of benzene rings is 1. The summed E-state index contributed by atoms with van der Waals surface area (Å²) < 4.78 is 5.37. The summed E-state index contributed by atoms with van der Waals surface area (Å²) in [5.74, 6) is -0.0356. The molecule has 0 saturated carbocycles. The van der Waals surface area contributed by atoms with Crippen molar-refractivity contribution < 1.29 is 14.3 Å². The van der Waals surface area contributed by atoms with Crippen molar-refractivity contribution in [2.24, 2.45) is 11.1 Å². The SMILES string of the molecule is NCC1(C(=O)N2CCN(Cc3ccc(Cl)cc3)C(=O)C2)CCOCC1. The molecule has 1 aromatic rings. The summed E-state index contributed by atoms with van der Waals surface area (Å²) >= 11 is 5.89. The number of ether oxygens (including phenoxy) is 1. The highest BCUT2D eigenvalue weighted by Crippen LogP contribution is 2.32. The molecule has 2 saturated heterocycles. The lowest BCUT2D eigenvalue weighted by Gasteiger charge is -2.42. The smallest absolute Gasteiger partial charge is 0.242 e. The molecule has 2 amide bonds. The van der Waals surface area contributed by atoms with Crippen LogP contribution in [0.25, 0.3) is 0 Å². The fourth-order valence-corrected chi connectivity index (χ4v) is 3.59. The van der Waals surface area contributed by atoms with Gasteiger partial charge in [0.05, 0.1) is 12.0 Å². The standard InChI is InChI=1S/C18H24ClN3O3/c19-15-3-1-14(2-4-15)11-21-7-8-22(12-16(21)23)17(24)18(13-20)5-9-25-10-6-18/h1-4H,5-13,20H2. The van der Waals surface area contributed by atoms with Gasteiger partial charge < -0.3 is 20.3 Å². The second-order valence-electron chi connectivity index (χ2n) is 6.77. The summed E-state index contributed by atoms with van der Waals surface area (Å²) in [6.45, 7) is 3.13. The zero-order chi connectivity index (χ0) is 17.9. The Morgan fingerprint density at radius 2 is 1.88 bits per heavy atom. The van der Waals surface area contributed by atoms with Crippen molar-refractivity contribution in [3.05, 3.63) is 34.9 Å². The van der Waals surface area contributed by atoms with Gasteiger partial charge in [0.2, 0.25) is 11.8 Å². The van der Waals surface area contributed by atoms with Gasteiger partial charge in [0, 0.05) is 44.4 Å². The van der Waals surface area contributed by atoms with Crippen LogP contribution in [0.1, 0.15) is 18.4 Å². The first-order chi connectivity index (χ1) is 12.0. The van der Waals surface area contributed by atoms with Crippen LogP contribution in [-0.4, -0.2) is 61.0 Å². The van der Waals surface area contributed by atoms with E-state index in [1.165, 1.54) is 0 Å². The fraction of sp³-hybridized carbons (Fsp3) is 0.556. The molecule has 0 aliphatic carbocycles. The Labute approximate surface area is 152 Å². The summed E-state index contributed by atoms with van der Waals surface area (Å²) in [5, 5.41) is 0.675. The second kappa shape index (κ2) is 7.72. The van der Waals surface area contributed by atoms with Crippen LogP contribution in [0.4, 0.5) is 0 Å². The quantitative estimate of drug-likeness (QED) is 0.871. The third-order valence-corrected chi connectivity index (χ3v) is 5.44. The monoisotopic (exact) mass is 365 g/mol. The van der Waals surface area contributed by atoms with E-state index >= 15 is 0 Å². The molecule has 2 aliphatic rings. The summed E-state index contributed by atoms with van der Waals surface area (Å²) in [6, 6.07) is 7.46. The minimum absolute atomic E-state index is 0.00204. The topological polar surface area (TPSA) is 75.9 Å². The van der Waals surface area contributed by atoms with E-state index in [0.717, 1.165) is 5.56 Å². The molecule has 0 aromatic heterocycles. The Kier molecular flexibility index (Phi) is 5.61. The van der Waals surface area contributed by atoms with Gasteiger partial charge in [-0.25, -0.2) is 0 Å². The molecular weight excluding hydrogens is 342 g/mol. The first kappa shape index (κ1) is 18.2. The third kappa shape index (κ3) is 3.97. The van der Waals surface area contributed by atoms with Gasteiger partial charge >= 0.3 is 0 Å². The van der Waals surface area contributed by atoms with Crippen molar-refractivity contribution in [3.63, 3.8) is 0 Å². The second-order valence-corrected chi connectivity index (χ2v) is 7.20. The Morgan fingerprint density at radius 1 is 1.20 bits per heavy atom. The van der Waals surface area contributed by atoms with Crippen LogP contribution >= 0.6 is 11.6 Å². The highest BCUT2D eigenvalue weighted by molar-refractivity contribution is 6.30. The molecule has 25 heavy (non-hydrogen) atoms. The molecule has 0 spiro atoms. The molecular formula is C18H24ClN3O3. The number of carbonyl (C=O) groups excluding carboxylic acids is 2. The van der Waals surface area contributed by atoms with Gasteiger partial charge in [-0.3, -0.25) is 9.59 Å².